The number of hydrogen-bond donors (Lipinski definition) is 1. The van der Waals surface area contributed by atoms with E-state index in [0.29, 0.717) is 6.54 Å². The molecule has 1 unspecified atom stereocenters. The molecule has 1 aliphatic rings. The van der Waals surface area contributed by atoms with Crippen molar-refractivity contribution in [2.45, 2.75) is 50.8 Å². The first kappa shape index (κ1) is 14.4. The van der Waals surface area contributed by atoms with Crippen LogP contribution in [0.25, 0.3) is 0 Å². The minimum atomic E-state index is -0.847. The number of rotatable bonds is 5. The molecule has 17 heavy (non-hydrogen) atoms. The van der Waals surface area contributed by atoms with Gasteiger partial charge in [0, 0.05) is 12.6 Å². The Hall–Kier alpha value is -0.710. The molecule has 0 saturated carbocycles. The molecule has 4 nitrogen and oxygen atoms in total. The number of aliphatic carboxylic acids is 1. The number of carboxylic acids is 1. The summed E-state index contributed by atoms with van der Waals surface area (Å²) in [6.07, 6.45) is 3.25. The molecule has 1 aliphatic heterocycles. The lowest BCUT2D eigenvalue weighted by atomic mass is 10.1. The molecule has 0 aromatic carbocycles. The van der Waals surface area contributed by atoms with Crippen molar-refractivity contribution in [2.24, 2.45) is 0 Å². The first-order valence-electron chi connectivity index (χ1n) is 6.16. The predicted molar refractivity (Wildman–Crippen MR) is 69.2 cm³/mol. The maximum absolute atomic E-state index is 12.3. The standard InChI is InChI=1S/C12H21NO3S/c1-9(2)13(7-6-11(14)15)12(16)10-5-3-4-8-17-10/h9-10H,3-8H2,1-2H3,(H,14,15). The third-order valence-corrected chi connectivity index (χ3v) is 4.29. The molecule has 1 atom stereocenters. The van der Waals surface area contributed by atoms with Crippen LogP contribution in [-0.2, 0) is 9.59 Å². The molecule has 0 aromatic rings. The van der Waals surface area contributed by atoms with Gasteiger partial charge in [0.1, 0.15) is 0 Å². The van der Waals surface area contributed by atoms with E-state index in [1.165, 1.54) is 6.42 Å². The third-order valence-electron chi connectivity index (χ3n) is 2.93. The average Bonchev–Trinajstić information content (AvgIpc) is 2.29. The fourth-order valence-electron chi connectivity index (χ4n) is 1.96. The van der Waals surface area contributed by atoms with E-state index in [0.717, 1.165) is 18.6 Å². The Morgan fingerprint density at radius 3 is 2.59 bits per heavy atom. The number of amides is 1. The minimum Gasteiger partial charge on any atom is -0.481 e. The quantitative estimate of drug-likeness (QED) is 0.820. The number of carbonyl (C=O) groups is 2. The largest absolute Gasteiger partial charge is 0.481 e. The van der Waals surface area contributed by atoms with Crippen molar-refractivity contribution in [3.63, 3.8) is 0 Å². The zero-order valence-corrected chi connectivity index (χ0v) is 11.3. The third kappa shape index (κ3) is 4.58. The van der Waals surface area contributed by atoms with Crippen LogP contribution in [-0.4, -0.2) is 45.5 Å². The zero-order valence-electron chi connectivity index (χ0n) is 10.5. The zero-order chi connectivity index (χ0) is 12.8. The van der Waals surface area contributed by atoms with Crippen molar-refractivity contribution in [3.05, 3.63) is 0 Å². The number of hydrogen-bond acceptors (Lipinski definition) is 3. The Labute approximate surface area is 107 Å². The summed E-state index contributed by atoms with van der Waals surface area (Å²) in [6.45, 7) is 4.20. The van der Waals surface area contributed by atoms with Gasteiger partial charge in [0.25, 0.3) is 0 Å². The van der Waals surface area contributed by atoms with E-state index in [4.69, 9.17) is 5.11 Å². The molecule has 5 heteroatoms. The van der Waals surface area contributed by atoms with Gasteiger partial charge in [-0.05, 0) is 32.4 Å². The molecule has 1 heterocycles. The van der Waals surface area contributed by atoms with Crippen LogP contribution in [0.4, 0.5) is 0 Å². The van der Waals surface area contributed by atoms with Crippen LogP contribution in [0, 0.1) is 0 Å². The van der Waals surface area contributed by atoms with Crippen molar-refractivity contribution in [1.82, 2.24) is 4.90 Å². The second-order valence-electron chi connectivity index (χ2n) is 4.62. The molecule has 0 aliphatic carbocycles. The van der Waals surface area contributed by atoms with Gasteiger partial charge in [-0.15, -0.1) is 11.8 Å². The Balaban J connectivity index is 2.55. The Morgan fingerprint density at radius 2 is 2.12 bits per heavy atom. The number of thioether (sulfide) groups is 1. The SMILES string of the molecule is CC(C)N(CCC(=O)O)C(=O)C1CCCCS1. The Morgan fingerprint density at radius 1 is 1.41 bits per heavy atom. The summed E-state index contributed by atoms with van der Waals surface area (Å²) in [6, 6.07) is 0.0735. The molecule has 1 saturated heterocycles. The van der Waals surface area contributed by atoms with Gasteiger partial charge in [-0.3, -0.25) is 9.59 Å². The molecule has 0 spiro atoms. The molecule has 0 radical (unpaired) electrons. The van der Waals surface area contributed by atoms with Gasteiger partial charge in [0.05, 0.1) is 11.7 Å². The molecular weight excluding hydrogens is 238 g/mol. The smallest absolute Gasteiger partial charge is 0.305 e. The summed E-state index contributed by atoms with van der Waals surface area (Å²) in [7, 11) is 0. The van der Waals surface area contributed by atoms with Crippen LogP contribution < -0.4 is 0 Å². The molecule has 1 fully saturated rings. The van der Waals surface area contributed by atoms with Crippen molar-refractivity contribution >= 4 is 23.6 Å². The van der Waals surface area contributed by atoms with Gasteiger partial charge in [-0.2, -0.15) is 0 Å². The molecular formula is C12H21NO3S. The molecule has 1 rings (SSSR count). The second-order valence-corrected chi connectivity index (χ2v) is 5.93. The molecule has 1 N–H and O–H groups in total. The summed E-state index contributed by atoms with van der Waals surface area (Å²) in [5.41, 5.74) is 0. The van der Waals surface area contributed by atoms with E-state index in [1.54, 1.807) is 16.7 Å². The highest BCUT2D eigenvalue weighted by Gasteiger charge is 2.28. The van der Waals surface area contributed by atoms with E-state index in [2.05, 4.69) is 0 Å². The van der Waals surface area contributed by atoms with Crippen LogP contribution in [0.2, 0.25) is 0 Å². The Kier molecular flexibility index (Phi) is 5.82. The van der Waals surface area contributed by atoms with Crippen molar-refractivity contribution in [1.29, 1.82) is 0 Å². The van der Waals surface area contributed by atoms with Crippen LogP contribution in [0.15, 0.2) is 0 Å². The van der Waals surface area contributed by atoms with E-state index in [-0.39, 0.29) is 23.6 Å². The molecule has 0 bridgehead atoms. The van der Waals surface area contributed by atoms with Crippen molar-refractivity contribution < 1.29 is 14.7 Å². The predicted octanol–water partition coefficient (Wildman–Crippen LogP) is 1.98. The fraction of sp³-hybridized carbons (Fsp3) is 0.833. The van der Waals surface area contributed by atoms with Gasteiger partial charge < -0.3 is 10.0 Å². The van der Waals surface area contributed by atoms with Gasteiger partial charge in [-0.1, -0.05) is 6.42 Å². The lowest BCUT2D eigenvalue weighted by Crippen LogP contribution is -2.44. The highest BCUT2D eigenvalue weighted by molar-refractivity contribution is 8.00. The fourth-order valence-corrected chi connectivity index (χ4v) is 3.23. The Bertz CT molecular complexity index is 275. The number of carboxylic acid groups (broad SMARTS) is 1. The topological polar surface area (TPSA) is 57.6 Å². The van der Waals surface area contributed by atoms with Gasteiger partial charge in [0.2, 0.25) is 5.91 Å². The number of carbonyl (C=O) groups excluding carboxylic acids is 1. The van der Waals surface area contributed by atoms with Crippen LogP contribution in [0.5, 0.6) is 0 Å². The maximum atomic E-state index is 12.3. The van der Waals surface area contributed by atoms with Crippen molar-refractivity contribution in [2.75, 3.05) is 12.3 Å². The first-order chi connectivity index (χ1) is 8.02. The van der Waals surface area contributed by atoms with Gasteiger partial charge in [0.15, 0.2) is 0 Å². The van der Waals surface area contributed by atoms with Crippen molar-refractivity contribution in [3.8, 4) is 0 Å². The normalized spacial score (nSPS) is 20.3. The first-order valence-corrected chi connectivity index (χ1v) is 7.21. The summed E-state index contributed by atoms with van der Waals surface area (Å²) in [5.74, 6) is 0.312. The lowest BCUT2D eigenvalue weighted by molar-refractivity contribution is -0.139. The summed E-state index contributed by atoms with van der Waals surface area (Å²) >= 11 is 1.71. The van der Waals surface area contributed by atoms with Gasteiger partial charge in [-0.25, -0.2) is 0 Å². The van der Waals surface area contributed by atoms with Crippen LogP contribution in [0.1, 0.15) is 39.5 Å². The minimum absolute atomic E-state index is 0.0291. The van der Waals surface area contributed by atoms with E-state index >= 15 is 0 Å². The van der Waals surface area contributed by atoms with Gasteiger partial charge >= 0.3 is 5.97 Å². The van der Waals surface area contributed by atoms with E-state index in [1.807, 2.05) is 13.8 Å². The highest BCUT2D eigenvalue weighted by atomic mass is 32.2. The average molecular weight is 259 g/mol. The molecule has 1 amide bonds. The molecule has 0 aromatic heterocycles. The number of nitrogens with zero attached hydrogens (tertiary/aromatic N) is 1. The van der Waals surface area contributed by atoms with Crippen LogP contribution in [0.3, 0.4) is 0 Å². The van der Waals surface area contributed by atoms with Crippen LogP contribution >= 0.6 is 11.8 Å². The summed E-state index contributed by atoms with van der Waals surface area (Å²) in [4.78, 5) is 24.6. The lowest BCUT2D eigenvalue weighted by Gasteiger charge is -2.31. The highest BCUT2D eigenvalue weighted by Crippen LogP contribution is 2.27. The van der Waals surface area contributed by atoms with E-state index in [9.17, 15) is 9.59 Å². The summed E-state index contributed by atoms with van der Waals surface area (Å²) in [5, 5.41) is 8.73. The molecule has 98 valence electrons. The monoisotopic (exact) mass is 259 g/mol. The summed E-state index contributed by atoms with van der Waals surface area (Å²) < 4.78 is 0. The second kappa shape index (κ2) is 6.89. The maximum Gasteiger partial charge on any atom is 0.305 e. The van der Waals surface area contributed by atoms with E-state index < -0.39 is 5.97 Å².